The number of piperidine rings is 1. The Hall–Kier alpha value is -2.95. The van der Waals surface area contributed by atoms with Crippen molar-refractivity contribution in [3.63, 3.8) is 0 Å². The van der Waals surface area contributed by atoms with Gasteiger partial charge < -0.3 is 14.6 Å². The fourth-order valence-corrected chi connectivity index (χ4v) is 5.58. The maximum absolute atomic E-state index is 12.9. The van der Waals surface area contributed by atoms with Crippen LogP contribution in [0, 0.1) is 12.8 Å². The number of sulfonamides is 1. The molecule has 1 saturated heterocycles. The standard InChI is InChI=1S/C24H30N4O5S/c1-17-4-7-20(8-5-17)34(31,32)27-12-10-18(11-13-27)23(29)25-19-6-9-22-21(16-19)28(24(30)33-22)15-14-26(2)3/h4-9,16,18H,10-15H2,1-3H3,(H,25,29). The van der Waals surface area contributed by atoms with Crippen molar-refractivity contribution in [3.8, 4) is 0 Å². The Morgan fingerprint density at radius 2 is 1.79 bits per heavy atom. The minimum absolute atomic E-state index is 0.155. The van der Waals surface area contributed by atoms with Crippen LogP contribution in [0.1, 0.15) is 18.4 Å². The first-order valence-corrected chi connectivity index (χ1v) is 12.7. The van der Waals surface area contributed by atoms with Crippen LogP contribution < -0.4 is 11.1 Å². The van der Waals surface area contributed by atoms with Gasteiger partial charge in [0.15, 0.2) is 5.58 Å². The predicted molar refractivity (Wildman–Crippen MR) is 130 cm³/mol. The Labute approximate surface area is 199 Å². The van der Waals surface area contributed by atoms with E-state index < -0.39 is 15.8 Å². The number of benzene rings is 2. The van der Waals surface area contributed by atoms with Crippen molar-refractivity contribution in [1.82, 2.24) is 13.8 Å². The number of aromatic nitrogens is 1. The predicted octanol–water partition coefficient (Wildman–Crippen LogP) is 2.50. The fraction of sp³-hybridized carbons (Fsp3) is 0.417. The van der Waals surface area contributed by atoms with Crippen molar-refractivity contribution < 1.29 is 17.6 Å². The van der Waals surface area contributed by atoms with E-state index in [1.54, 1.807) is 47.0 Å². The summed E-state index contributed by atoms with van der Waals surface area (Å²) in [5.41, 5.74) is 2.67. The molecular weight excluding hydrogens is 456 g/mol. The number of rotatable bonds is 7. The number of carbonyl (C=O) groups excluding carboxylic acids is 1. The highest BCUT2D eigenvalue weighted by Gasteiger charge is 2.32. The third-order valence-electron chi connectivity index (χ3n) is 6.19. The number of fused-ring (bicyclic) bond motifs is 1. The summed E-state index contributed by atoms with van der Waals surface area (Å²) in [5.74, 6) is -0.875. The molecule has 1 aliphatic heterocycles. The SMILES string of the molecule is Cc1ccc(S(=O)(=O)N2CCC(C(=O)Nc3ccc4oc(=O)n(CCN(C)C)c4c3)CC2)cc1. The first kappa shape index (κ1) is 24.2. The van der Waals surface area contributed by atoms with Gasteiger partial charge in [0.1, 0.15) is 0 Å². The van der Waals surface area contributed by atoms with Gasteiger partial charge in [-0.2, -0.15) is 4.31 Å². The molecular formula is C24H30N4O5S. The molecule has 1 amide bonds. The van der Waals surface area contributed by atoms with Crippen molar-refractivity contribution in [2.24, 2.45) is 5.92 Å². The Kier molecular flexibility index (Phi) is 6.92. The summed E-state index contributed by atoms with van der Waals surface area (Å²) in [4.78, 5) is 27.3. The lowest BCUT2D eigenvalue weighted by molar-refractivity contribution is -0.120. The maximum Gasteiger partial charge on any atom is 0.419 e. The third kappa shape index (κ3) is 5.08. The van der Waals surface area contributed by atoms with Gasteiger partial charge >= 0.3 is 5.76 Å². The minimum atomic E-state index is -3.57. The van der Waals surface area contributed by atoms with Crippen molar-refractivity contribution in [2.75, 3.05) is 39.0 Å². The summed E-state index contributed by atoms with van der Waals surface area (Å²) in [6.45, 7) is 3.64. The molecule has 10 heteroatoms. The normalized spacial score (nSPS) is 15.8. The van der Waals surface area contributed by atoms with E-state index in [1.807, 2.05) is 25.9 Å². The summed E-state index contributed by atoms with van der Waals surface area (Å²) in [6.07, 6.45) is 0.886. The highest BCUT2D eigenvalue weighted by atomic mass is 32.2. The number of carbonyl (C=O) groups is 1. The monoisotopic (exact) mass is 486 g/mol. The van der Waals surface area contributed by atoms with Gasteiger partial charge in [0.2, 0.25) is 15.9 Å². The molecule has 0 saturated carbocycles. The van der Waals surface area contributed by atoms with Gasteiger partial charge in [0, 0.05) is 37.8 Å². The molecule has 0 spiro atoms. The van der Waals surface area contributed by atoms with E-state index in [-0.39, 0.29) is 16.7 Å². The zero-order chi connectivity index (χ0) is 24.5. The van der Waals surface area contributed by atoms with Gasteiger partial charge in [-0.3, -0.25) is 9.36 Å². The second-order valence-corrected chi connectivity index (χ2v) is 10.9. The van der Waals surface area contributed by atoms with Gasteiger partial charge in [-0.25, -0.2) is 13.2 Å². The van der Waals surface area contributed by atoms with Crippen molar-refractivity contribution in [2.45, 2.75) is 31.2 Å². The summed E-state index contributed by atoms with van der Waals surface area (Å²) in [6, 6.07) is 11.9. The summed E-state index contributed by atoms with van der Waals surface area (Å²) >= 11 is 0. The number of hydrogen-bond acceptors (Lipinski definition) is 6. The molecule has 0 radical (unpaired) electrons. The highest BCUT2D eigenvalue weighted by Crippen LogP contribution is 2.26. The van der Waals surface area contributed by atoms with Crippen LogP contribution in [0.2, 0.25) is 0 Å². The molecule has 1 aromatic heterocycles. The molecule has 9 nitrogen and oxygen atoms in total. The van der Waals surface area contributed by atoms with Gasteiger partial charge in [-0.05, 0) is 64.2 Å². The number of nitrogens with one attached hydrogen (secondary N) is 1. The lowest BCUT2D eigenvalue weighted by Crippen LogP contribution is -2.41. The van der Waals surface area contributed by atoms with E-state index in [4.69, 9.17) is 4.42 Å². The number of hydrogen-bond donors (Lipinski definition) is 1. The molecule has 2 aromatic carbocycles. The van der Waals surface area contributed by atoms with Gasteiger partial charge in [-0.1, -0.05) is 17.7 Å². The van der Waals surface area contributed by atoms with Gasteiger partial charge in [0.05, 0.1) is 10.4 Å². The molecule has 34 heavy (non-hydrogen) atoms. The molecule has 0 atom stereocenters. The zero-order valence-corrected chi connectivity index (χ0v) is 20.5. The van der Waals surface area contributed by atoms with E-state index in [2.05, 4.69) is 5.32 Å². The van der Waals surface area contributed by atoms with Crippen LogP contribution in [0.4, 0.5) is 5.69 Å². The first-order chi connectivity index (χ1) is 16.1. The van der Waals surface area contributed by atoms with Crippen LogP contribution in [-0.2, 0) is 21.4 Å². The Morgan fingerprint density at radius 1 is 1.12 bits per heavy atom. The van der Waals surface area contributed by atoms with Crippen LogP contribution in [0.25, 0.3) is 11.1 Å². The smallest absolute Gasteiger partial charge is 0.408 e. The summed E-state index contributed by atoms with van der Waals surface area (Å²) < 4.78 is 34.1. The van der Waals surface area contributed by atoms with E-state index in [0.717, 1.165) is 5.56 Å². The topological polar surface area (TPSA) is 105 Å². The van der Waals surface area contributed by atoms with Crippen LogP contribution >= 0.6 is 0 Å². The van der Waals surface area contributed by atoms with Gasteiger partial charge in [0.25, 0.3) is 0 Å². The number of nitrogens with zero attached hydrogens (tertiary/aromatic N) is 3. The third-order valence-corrected chi connectivity index (χ3v) is 8.10. The molecule has 0 aliphatic carbocycles. The van der Waals surface area contributed by atoms with Crippen LogP contribution in [0.15, 0.2) is 56.6 Å². The molecule has 0 bridgehead atoms. The fourth-order valence-electron chi connectivity index (χ4n) is 4.11. The molecule has 4 rings (SSSR count). The van der Waals surface area contributed by atoms with Crippen LogP contribution in [-0.4, -0.2) is 61.8 Å². The molecule has 182 valence electrons. The van der Waals surface area contributed by atoms with E-state index in [9.17, 15) is 18.0 Å². The van der Waals surface area contributed by atoms with Gasteiger partial charge in [-0.15, -0.1) is 0 Å². The summed E-state index contributed by atoms with van der Waals surface area (Å²) in [7, 11) is 0.284. The van der Waals surface area contributed by atoms with E-state index >= 15 is 0 Å². The maximum atomic E-state index is 12.9. The molecule has 1 fully saturated rings. The Bertz CT molecular complexity index is 1330. The molecule has 1 aliphatic rings. The number of oxazole rings is 1. The van der Waals surface area contributed by atoms with E-state index in [1.165, 1.54) is 4.31 Å². The lowest BCUT2D eigenvalue weighted by Gasteiger charge is -2.30. The second kappa shape index (κ2) is 9.73. The van der Waals surface area contributed by atoms with Crippen molar-refractivity contribution >= 4 is 32.7 Å². The summed E-state index contributed by atoms with van der Waals surface area (Å²) in [5, 5.41) is 2.92. The van der Waals surface area contributed by atoms with Crippen LogP contribution in [0.5, 0.6) is 0 Å². The quantitative estimate of drug-likeness (QED) is 0.550. The largest absolute Gasteiger partial charge is 0.419 e. The van der Waals surface area contributed by atoms with Crippen LogP contribution in [0.3, 0.4) is 0 Å². The number of amides is 1. The average Bonchev–Trinajstić information content (AvgIpc) is 3.12. The Balaban J connectivity index is 1.41. The molecule has 1 N–H and O–H groups in total. The first-order valence-electron chi connectivity index (χ1n) is 11.3. The van der Waals surface area contributed by atoms with Crippen molar-refractivity contribution in [3.05, 3.63) is 58.6 Å². The molecule has 3 aromatic rings. The average molecular weight is 487 g/mol. The zero-order valence-electron chi connectivity index (χ0n) is 19.7. The number of aryl methyl sites for hydroxylation is 1. The van der Waals surface area contributed by atoms with Crippen molar-refractivity contribution in [1.29, 1.82) is 0 Å². The molecule has 0 unspecified atom stereocenters. The number of anilines is 1. The Morgan fingerprint density at radius 3 is 2.44 bits per heavy atom. The number of likely N-dealkylation sites (N-methyl/N-ethyl adjacent to an activating group) is 1. The van der Waals surface area contributed by atoms with E-state index in [0.29, 0.717) is 55.8 Å². The lowest BCUT2D eigenvalue weighted by atomic mass is 9.97. The minimum Gasteiger partial charge on any atom is -0.408 e. The molecule has 2 heterocycles. The highest BCUT2D eigenvalue weighted by molar-refractivity contribution is 7.89. The second-order valence-electron chi connectivity index (χ2n) is 8.99.